The molecule has 0 saturated heterocycles. The molecule has 0 N–H and O–H groups in total. The Morgan fingerprint density at radius 3 is 1.70 bits per heavy atom. The van der Waals surface area contributed by atoms with E-state index in [0.29, 0.717) is 6.61 Å². The number of hydrogen-bond donors (Lipinski definition) is 0. The molecule has 0 spiro atoms. The summed E-state index contributed by atoms with van der Waals surface area (Å²) in [6.45, 7) is 4.69. The molecule has 30 heavy (non-hydrogen) atoms. The maximum atomic E-state index is 6.42. The van der Waals surface area contributed by atoms with Crippen molar-refractivity contribution in [1.82, 2.24) is 0 Å². The van der Waals surface area contributed by atoms with Gasteiger partial charge in [-0.2, -0.15) is 0 Å². The molecular weight excluding hydrogens is 383 g/mol. The number of rotatable bonds is 8. The topological polar surface area (TPSA) is 9.23 Å². The number of benzene rings is 4. The predicted octanol–water partition coefficient (Wildman–Crippen LogP) is 5.48. The van der Waals surface area contributed by atoms with Crippen LogP contribution in [0, 0.1) is 0 Å². The van der Waals surface area contributed by atoms with Crippen molar-refractivity contribution in [2.75, 3.05) is 6.16 Å². The first-order valence-corrected chi connectivity index (χ1v) is 12.5. The third-order valence-corrected chi connectivity index (χ3v) is 10.4. The third kappa shape index (κ3) is 4.08. The van der Waals surface area contributed by atoms with Crippen molar-refractivity contribution in [2.24, 2.45) is 0 Å². The van der Waals surface area contributed by atoms with Crippen LogP contribution < -0.4 is 20.7 Å². The predicted molar refractivity (Wildman–Crippen MR) is 132 cm³/mol. The summed E-state index contributed by atoms with van der Waals surface area (Å²) in [6, 6.07) is 40.6. The van der Waals surface area contributed by atoms with E-state index in [1.807, 2.05) is 6.07 Å². The fourth-order valence-electron chi connectivity index (χ4n) is 4.17. The Labute approximate surface area is 180 Å². The standard InChI is InChI=1S/C28H27OP/c1-2-22-30(25-16-8-4-9-17-25,26-18-10-5-11-19-26)28-21-13-12-20-27(28)29-23-24-14-6-3-7-15-24/h2-21,30H,1,22-23H2. The van der Waals surface area contributed by atoms with Crippen molar-refractivity contribution in [1.29, 1.82) is 0 Å². The van der Waals surface area contributed by atoms with E-state index >= 15 is 0 Å². The molecule has 0 radical (unpaired) electrons. The molecule has 0 unspecified atom stereocenters. The molecule has 0 aliphatic rings. The summed E-state index contributed by atoms with van der Waals surface area (Å²) in [7, 11) is -2.35. The monoisotopic (exact) mass is 410 g/mol. The van der Waals surface area contributed by atoms with Crippen molar-refractivity contribution in [2.45, 2.75) is 6.61 Å². The molecule has 4 rings (SSSR count). The second-order valence-corrected chi connectivity index (χ2v) is 11.3. The van der Waals surface area contributed by atoms with Crippen LogP contribution in [0.25, 0.3) is 0 Å². The molecule has 150 valence electrons. The fraction of sp³-hybridized carbons (Fsp3) is 0.0714. The van der Waals surface area contributed by atoms with E-state index in [1.54, 1.807) is 0 Å². The average Bonchev–Trinajstić information content (AvgIpc) is 2.83. The van der Waals surface area contributed by atoms with Crippen molar-refractivity contribution in [3.05, 3.63) is 133 Å². The molecule has 0 aliphatic carbocycles. The Hall–Kier alpha value is -3.15. The zero-order chi connectivity index (χ0) is 20.7. The molecule has 0 heterocycles. The van der Waals surface area contributed by atoms with Crippen molar-refractivity contribution in [3.63, 3.8) is 0 Å². The van der Waals surface area contributed by atoms with Gasteiger partial charge in [0, 0.05) is 0 Å². The summed E-state index contributed by atoms with van der Waals surface area (Å²) < 4.78 is 6.42. The van der Waals surface area contributed by atoms with Gasteiger partial charge in [-0.3, -0.25) is 0 Å². The van der Waals surface area contributed by atoms with E-state index in [0.717, 1.165) is 11.9 Å². The summed E-state index contributed by atoms with van der Waals surface area (Å²) in [5, 5.41) is 4.02. The Bertz CT molecular complexity index is 1040. The van der Waals surface area contributed by atoms with Crippen molar-refractivity contribution >= 4 is 23.2 Å². The molecular formula is C28H27OP. The molecule has 4 aromatic rings. The first-order valence-electron chi connectivity index (χ1n) is 10.3. The van der Waals surface area contributed by atoms with Gasteiger partial charge in [0.15, 0.2) is 0 Å². The molecule has 0 bridgehead atoms. The second-order valence-electron chi connectivity index (χ2n) is 7.40. The van der Waals surface area contributed by atoms with Gasteiger partial charge < -0.3 is 0 Å². The minimum atomic E-state index is -2.35. The Kier molecular flexibility index (Phi) is 6.42. The van der Waals surface area contributed by atoms with Gasteiger partial charge in [0.2, 0.25) is 0 Å². The molecule has 0 amide bonds. The van der Waals surface area contributed by atoms with Crippen LogP contribution >= 0.6 is 7.26 Å². The number of allylic oxidation sites excluding steroid dienone is 1. The van der Waals surface area contributed by atoms with Crippen molar-refractivity contribution < 1.29 is 4.74 Å². The zero-order valence-electron chi connectivity index (χ0n) is 17.1. The van der Waals surface area contributed by atoms with Gasteiger partial charge in [-0.05, 0) is 0 Å². The summed E-state index contributed by atoms with van der Waals surface area (Å²) in [6.07, 6.45) is 2.98. The maximum absolute atomic E-state index is 6.42. The van der Waals surface area contributed by atoms with Crippen LogP contribution in [0.4, 0.5) is 0 Å². The molecule has 0 aromatic heterocycles. The van der Waals surface area contributed by atoms with Gasteiger partial charge in [0.1, 0.15) is 0 Å². The number of hydrogen-bond acceptors (Lipinski definition) is 1. The zero-order valence-corrected chi connectivity index (χ0v) is 18.1. The molecule has 1 nitrogen and oxygen atoms in total. The summed E-state index contributed by atoms with van der Waals surface area (Å²) in [5.41, 5.74) is 1.17. The molecule has 0 aliphatic heterocycles. The molecule has 4 aromatic carbocycles. The van der Waals surface area contributed by atoms with Crippen LogP contribution in [0.2, 0.25) is 0 Å². The minimum absolute atomic E-state index is 0.556. The summed E-state index contributed by atoms with van der Waals surface area (Å²) >= 11 is 0. The van der Waals surface area contributed by atoms with Crippen LogP contribution in [-0.2, 0) is 6.61 Å². The van der Waals surface area contributed by atoms with E-state index < -0.39 is 7.26 Å². The SMILES string of the molecule is C=CC[PH](c1ccccc1)(c1ccccc1)c1ccccc1OCc1ccccc1. The van der Waals surface area contributed by atoms with Gasteiger partial charge in [-0.15, -0.1) is 0 Å². The average molecular weight is 410 g/mol. The van der Waals surface area contributed by atoms with E-state index in [4.69, 9.17) is 4.74 Å². The first-order chi connectivity index (χ1) is 14.8. The fourth-order valence-corrected chi connectivity index (χ4v) is 8.73. The van der Waals surface area contributed by atoms with Crippen molar-refractivity contribution in [3.8, 4) is 5.75 Å². The molecule has 0 atom stereocenters. The first kappa shape index (κ1) is 20.1. The quantitative estimate of drug-likeness (QED) is 0.276. The molecule has 0 saturated carbocycles. The van der Waals surface area contributed by atoms with Crippen LogP contribution in [0.15, 0.2) is 128 Å². The van der Waals surface area contributed by atoms with Gasteiger partial charge in [0.05, 0.1) is 0 Å². The van der Waals surface area contributed by atoms with Gasteiger partial charge >= 0.3 is 180 Å². The second kappa shape index (κ2) is 9.57. The molecule has 2 heteroatoms. The van der Waals surface area contributed by atoms with E-state index in [2.05, 4.69) is 122 Å². The van der Waals surface area contributed by atoms with Crippen LogP contribution in [-0.4, -0.2) is 6.16 Å². The number of ether oxygens (including phenoxy) is 1. The Morgan fingerprint density at radius 1 is 0.633 bits per heavy atom. The Morgan fingerprint density at radius 2 is 1.13 bits per heavy atom. The van der Waals surface area contributed by atoms with Crippen LogP contribution in [0.1, 0.15) is 5.56 Å². The van der Waals surface area contributed by atoms with E-state index in [9.17, 15) is 0 Å². The van der Waals surface area contributed by atoms with Crippen LogP contribution in [0.3, 0.4) is 0 Å². The third-order valence-electron chi connectivity index (χ3n) is 5.57. The van der Waals surface area contributed by atoms with E-state index in [1.165, 1.54) is 21.5 Å². The summed E-state index contributed by atoms with van der Waals surface area (Å²) in [4.78, 5) is 0. The van der Waals surface area contributed by atoms with E-state index in [-0.39, 0.29) is 0 Å². The number of para-hydroxylation sites is 1. The summed E-state index contributed by atoms with van der Waals surface area (Å²) in [5.74, 6) is 0.961. The molecule has 0 fully saturated rings. The Balaban J connectivity index is 1.87. The van der Waals surface area contributed by atoms with Gasteiger partial charge in [0.25, 0.3) is 0 Å². The van der Waals surface area contributed by atoms with Crippen LogP contribution in [0.5, 0.6) is 5.75 Å². The normalized spacial score (nSPS) is 11.6. The van der Waals surface area contributed by atoms with Gasteiger partial charge in [-0.1, -0.05) is 0 Å². The van der Waals surface area contributed by atoms with Gasteiger partial charge in [-0.25, -0.2) is 0 Å².